The maximum absolute atomic E-state index is 12.5. The smallest absolute Gasteiger partial charge is 0.399 e. The largest absolute Gasteiger partial charge is 0.416 e. The van der Waals surface area contributed by atoms with Gasteiger partial charge in [0.05, 0.1) is 17.3 Å². The molecule has 0 saturated carbocycles. The summed E-state index contributed by atoms with van der Waals surface area (Å²) in [5.41, 5.74) is 7.01. The molecular weight excluding hydrogens is 267 g/mol. The van der Waals surface area contributed by atoms with Gasteiger partial charge in [0.15, 0.2) is 0 Å². The topological polar surface area (TPSA) is 43.3 Å². The van der Waals surface area contributed by atoms with E-state index in [4.69, 9.17) is 5.73 Å². The summed E-state index contributed by atoms with van der Waals surface area (Å²) in [6.45, 7) is 0. The molecule has 0 saturated heterocycles. The van der Waals surface area contributed by atoms with Gasteiger partial charge in [-0.3, -0.25) is 4.40 Å². The molecule has 20 heavy (non-hydrogen) atoms. The molecule has 0 atom stereocenters. The van der Waals surface area contributed by atoms with E-state index in [0.29, 0.717) is 17.1 Å². The summed E-state index contributed by atoms with van der Waals surface area (Å²) in [4.78, 5) is 4.22. The first kappa shape index (κ1) is 12.5. The van der Waals surface area contributed by atoms with E-state index >= 15 is 0 Å². The van der Waals surface area contributed by atoms with Crippen molar-refractivity contribution in [3.63, 3.8) is 0 Å². The lowest BCUT2D eigenvalue weighted by Crippen LogP contribution is -2.04. The van der Waals surface area contributed by atoms with Crippen LogP contribution in [-0.4, -0.2) is 9.38 Å². The maximum Gasteiger partial charge on any atom is 0.416 e. The lowest BCUT2D eigenvalue weighted by Gasteiger charge is -2.07. The molecule has 0 aliphatic rings. The van der Waals surface area contributed by atoms with Gasteiger partial charge in [0, 0.05) is 17.4 Å². The molecule has 0 radical (unpaired) electrons. The van der Waals surface area contributed by atoms with E-state index in [1.54, 1.807) is 28.9 Å². The minimum Gasteiger partial charge on any atom is -0.399 e. The Morgan fingerprint density at radius 1 is 1.05 bits per heavy atom. The molecule has 0 aliphatic carbocycles. The highest BCUT2D eigenvalue weighted by Crippen LogP contribution is 2.30. The van der Waals surface area contributed by atoms with Crippen LogP contribution in [0.1, 0.15) is 5.56 Å². The zero-order chi connectivity index (χ0) is 14.3. The molecule has 0 aliphatic heterocycles. The monoisotopic (exact) mass is 277 g/mol. The van der Waals surface area contributed by atoms with Gasteiger partial charge in [0.2, 0.25) is 0 Å². The molecule has 2 N–H and O–H groups in total. The van der Waals surface area contributed by atoms with Crippen molar-refractivity contribution in [1.82, 2.24) is 9.38 Å². The fraction of sp³-hybridized carbons (Fsp3) is 0.0714. The van der Waals surface area contributed by atoms with Crippen molar-refractivity contribution in [3.05, 3.63) is 54.4 Å². The van der Waals surface area contributed by atoms with E-state index in [-0.39, 0.29) is 0 Å². The van der Waals surface area contributed by atoms with Gasteiger partial charge in [-0.25, -0.2) is 4.98 Å². The van der Waals surface area contributed by atoms with Crippen LogP contribution in [0.15, 0.2) is 48.8 Å². The average molecular weight is 277 g/mol. The first-order valence-corrected chi connectivity index (χ1v) is 5.85. The summed E-state index contributed by atoms with van der Waals surface area (Å²) in [5, 5.41) is 0. The number of fused-ring (bicyclic) bond motifs is 1. The number of hydrogen-bond donors (Lipinski definition) is 1. The Morgan fingerprint density at radius 3 is 2.40 bits per heavy atom. The SMILES string of the molecule is Nc1ccn2c(-c3ccc(C(F)(F)F)cc3)ncc2c1. The van der Waals surface area contributed by atoms with E-state index in [1.807, 2.05) is 0 Å². The van der Waals surface area contributed by atoms with Crippen LogP contribution in [0.25, 0.3) is 16.9 Å². The lowest BCUT2D eigenvalue weighted by molar-refractivity contribution is -0.137. The Kier molecular flexibility index (Phi) is 2.67. The third-order valence-corrected chi connectivity index (χ3v) is 3.03. The molecule has 0 bridgehead atoms. The van der Waals surface area contributed by atoms with Crippen molar-refractivity contribution < 1.29 is 13.2 Å². The number of aromatic nitrogens is 2. The Balaban J connectivity index is 2.07. The number of imidazole rings is 1. The van der Waals surface area contributed by atoms with E-state index < -0.39 is 11.7 Å². The van der Waals surface area contributed by atoms with Gasteiger partial charge >= 0.3 is 6.18 Å². The number of hydrogen-bond acceptors (Lipinski definition) is 2. The molecule has 0 amide bonds. The first-order valence-electron chi connectivity index (χ1n) is 5.85. The van der Waals surface area contributed by atoms with Gasteiger partial charge in [0.25, 0.3) is 0 Å². The minimum absolute atomic E-state index is 0.578. The predicted molar refractivity (Wildman–Crippen MR) is 70.0 cm³/mol. The predicted octanol–water partition coefficient (Wildman–Crippen LogP) is 3.60. The van der Waals surface area contributed by atoms with Crippen molar-refractivity contribution in [1.29, 1.82) is 0 Å². The second kappa shape index (κ2) is 4.26. The van der Waals surface area contributed by atoms with E-state index in [0.717, 1.165) is 17.6 Å². The minimum atomic E-state index is -4.33. The van der Waals surface area contributed by atoms with Gasteiger partial charge < -0.3 is 5.73 Å². The number of halogens is 3. The quantitative estimate of drug-likeness (QED) is 0.738. The molecule has 3 nitrogen and oxygen atoms in total. The molecule has 0 fully saturated rings. The summed E-state index contributed by atoms with van der Waals surface area (Å²) in [7, 11) is 0. The van der Waals surface area contributed by atoms with Crippen LogP contribution < -0.4 is 5.73 Å². The van der Waals surface area contributed by atoms with Crippen LogP contribution in [0.4, 0.5) is 18.9 Å². The number of rotatable bonds is 1. The van der Waals surface area contributed by atoms with Crippen LogP contribution in [0.3, 0.4) is 0 Å². The van der Waals surface area contributed by atoms with Gasteiger partial charge in [-0.15, -0.1) is 0 Å². The molecule has 102 valence electrons. The van der Waals surface area contributed by atoms with Crippen molar-refractivity contribution in [2.75, 3.05) is 5.73 Å². The van der Waals surface area contributed by atoms with E-state index in [1.165, 1.54) is 12.1 Å². The number of alkyl halides is 3. The van der Waals surface area contributed by atoms with Crippen LogP contribution >= 0.6 is 0 Å². The number of nitrogens with zero attached hydrogens (tertiary/aromatic N) is 2. The molecule has 0 unspecified atom stereocenters. The fourth-order valence-corrected chi connectivity index (χ4v) is 2.04. The molecule has 3 aromatic rings. The number of benzene rings is 1. The maximum atomic E-state index is 12.5. The Bertz CT molecular complexity index is 757. The van der Waals surface area contributed by atoms with Crippen LogP contribution in [-0.2, 0) is 6.18 Å². The molecule has 1 aromatic carbocycles. The highest BCUT2D eigenvalue weighted by atomic mass is 19.4. The van der Waals surface area contributed by atoms with Crippen LogP contribution in [0.5, 0.6) is 0 Å². The summed E-state index contributed by atoms with van der Waals surface area (Å²) >= 11 is 0. The Labute approximate surface area is 112 Å². The summed E-state index contributed by atoms with van der Waals surface area (Å²) < 4.78 is 39.4. The third-order valence-electron chi connectivity index (χ3n) is 3.03. The van der Waals surface area contributed by atoms with Crippen molar-refractivity contribution in [2.24, 2.45) is 0 Å². The highest BCUT2D eigenvalue weighted by molar-refractivity contribution is 5.65. The van der Waals surface area contributed by atoms with E-state index in [9.17, 15) is 13.2 Å². The van der Waals surface area contributed by atoms with Crippen molar-refractivity contribution >= 4 is 11.2 Å². The van der Waals surface area contributed by atoms with E-state index in [2.05, 4.69) is 4.98 Å². The molecule has 3 rings (SSSR count). The zero-order valence-electron chi connectivity index (χ0n) is 10.2. The van der Waals surface area contributed by atoms with Gasteiger partial charge in [-0.1, -0.05) is 12.1 Å². The molecule has 0 spiro atoms. The van der Waals surface area contributed by atoms with Gasteiger partial charge in [-0.2, -0.15) is 13.2 Å². The number of nitrogen functional groups attached to an aromatic ring is 1. The summed E-state index contributed by atoms with van der Waals surface area (Å²) in [6.07, 6.45) is -0.963. The first-order chi connectivity index (χ1) is 9.45. The van der Waals surface area contributed by atoms with Gasteiger partial charge in [-0.05, 0) is 24.3 Å². The molecular formula is C14H10F3N3. The molecule has 2 heterocycles. The number of pyridine rings is 1. The van der Waals surface area contributed by atoms with Gasteiger partial charge in [0.1, 0.15) is 5.82 Å². The normalized spacial score (nSPS) is 11.9. The summed E-state index contributed by atoms with van der Waals surface area (Å²) in [5.74, 6) is 0.578. The number of anilines is 1. The second-order valence-electron chi connectivity index (χ2n) is 4.41. The fourth-order valence-electron chi connectivity index (χ4n) is 2.04. The Hall–Kier alpha value is -2.50. The average Bonchev–Trinajstić information content (AvgIpc) is 2.80. The third kappa shape index (κ3) is 2.09. The molecule has 2 aromatic heterocycles. The zero-order valence-corrected chi connectivity index (χ0v) is 10.2. The number of nitrogens with two attached hydrogens (primary N) is 1. The Morgan fingerprint density at radius 2 is 1.75 bits per heavy atom. The van der Waals surface area contributed by atoms with Crippen molar-refractivity contribution in [2.45, 2.75) is 6.18 Å². The van der Waals surface area contributed by atoms with Crippen molar-refractivity contribution in [3.8, 4) is 11.4 Å². The summed E-state index contributed by atoms with van der Waals surface area (Å²) in [6, 6.07) is 8.38. The van der Waals surface area contributed by atoms with Crippen LogP contribution in [0.2, 0.25) is 0 Å². The highest BCUT2D eigenvalue weighted by Gasteiger charge is 2.30. The van der Waals surface area contributed by atoms with Crippen LogP contribution in [0, 0.1) is 0 Å². The second-order valence-corrected chi connectivity index (χ2v) is 4.41. The molecule has 6 heteroatoms. The standard InChI is InChI=1S/C14H10F3N3/c15-14(16,17)10-3-1-9(2-4-10)13-19-8-12-7-11(18)5-6-20(12)13/h1-8H,18H2. The lowest BCUT2D eigenvalue weighted by atomic mass is 10.1.